The van der Waals surface area contributed by atoms with Gasteiger partial charge < -0.3 is 5.73 Å². The van der Waals surface area contributed by atoms with Crippen molar-refractivity contribution in [2.45, 2.75) is 43.8 Å². The number of nitrogens with two attached hydrogens (primary N) is 1. The molecule has 0 amide bonds. The van der Waals surface area contributed by atoms with Crippen molar-refractivity contribution in [1.29, 1.82) is 0 Å². The van der Waals surface area contributed by atoms with Crippen molar-refractivity contribution >= 4 is 10.9 Å². The molecule has 100 valence electrons. The van der Waals surface area contributed by atoms with Crippen molar-refractivity contribution < 1.29 is 4.39 Å². The summed E-state index contributed by atoms with van der Waals surface area (Å²) in [5, 5.41) is 1.10. The number of rotatable bonds is 2. The highest BCUT2D eigenvalue weighted by Gasteiger charge is 2.35. The molecule has 2 nitrogen and oxygen atoms in total. The number of hydrogen-bond donors (Lipinski definition) is 1. The third-order valence-corrected chi connectivity index (χ3v) is 3.98. The van der Waals surface area contributed by atoms with Crippen LogP contribution >= 0.6 is 0 Å². The normalized spacial score (nSPS) is 27.6. The zero-order chi connectivity index (χ0) is 13.3. The number of nitrogens with zero attached hydrogens (tertiary/aromatic N) is 1. The van der Waals surface area contributed by atoms with Crippen LogP contribution in [0.2, 0.25) is 0 Å². The van der Waals surface area contributed by atoms with Crippen molar-refractivity contribution in [3.8, 4) is 0 Å². The third-order valence-electron chi connectivity index (χ3n) is 3.98. The maximum Gasteiger partial charge on any atom is 0.118 e. The van der Waals surface area contributed by atoms with Gasteiger partial charge in [0.15, 0.2) is 0 Å². The van der Waals surface area contributed by atoms with Gasteiger partial charge in [-0.25, -0.2) is 4.39 Å². The molecule has 0 aliphatic heterocycles. The molecule has 2 unspecified atom stereocenters. The highest BCUT2D eigenvalue weighted by Crippen LogP contribution is 2.34. The second kappa shape index (κ2) is 4.89. The van der Waals surface area contributed by atoms with Crippen LogP contribution in [0.3, 0.4) is 0 Å². The van der Waals surface area contributed by atoms with E-state index < -0.39 is 5.67 Å². The van der Waals surface area contributed by atoms with Gasteiger partial charge in [-0.15, -0.1) is 0 Å². The van der Waals surface area contributed by atoms with E-state index in [1.807, 2.05) is 36.4 Å². The Hall–Kier alpha value is -1.48. The van der Waals surface area contributed by atoms with Gasteiger partial charge in [-0.05, 0) is 37.8 Å². The number of halogens is 1. The first-order valence-electron chi connectivity index (χ1n) is 6.94. The van der Waals surface area contributed by atoms with Gasteiger partial charge in [-0.2, -0.15) is 0 Å². The minimum Gasteiger partial charge on any atom is -0.328 e. The Labute approximate surface area is 112 Å². The zero-order valence-electron chi connectivity index (χ0n) is 11.0. The summed E-state index contributed by atoms with van der Waals surface area (Å²) in [6.07, 6.45) is 3.27. The quantitative estimate of drug-likeness (QED) is 0.896. The predicted octanol–water partition coefficient (Wildman–Crippen LogP) is 3.39. The molecule has 2 atom stereocenters. The molecule has 1 aromatic carbocycles. The lowest BCUT2D eigenvalue weighted by Gasteiger charge is -2.32. The Morgan fingerprint density at radius 1 is 1.26 bits per heavy atom. The molecule has 1 aromatic heterocycles. The Bertz CT molecular complexity index is 584. The van der Waals surface area contributed by atoms with Crippen molar-refractivity contribution in [2.24, 2.45) is 5.73 Å². The number of para-hydroxylation sites is 1. The summed E-state index contributed by atoms with van der Waals surface area (Å²) in [6.45, 7) is 0. The maximum atomic E-state index is 14.8. The van der Waals surface area contributed by atoms with E-state index in [2.05, 4.69) is 4.98 Å². The average Bonchev–Trinajstić information content (AvgIpc) is 2.38. The molecule has 0 bridgehead atoms. The highest BCUT2D eigenvalue weighted by molar-refractivity contribution is 5.78. The topological polar surface area (TPSA) is 38.9 Å². The molecule has 2 aromatic rings. The lowest BCUT2D eigenvalue weighted by molar-refractivity contribution is 0.0955. The minimum atomic E-state index is -1.17. The Morgan fingerprint density at radius 2 is 2.11 bits per heavy atom. The van der Waals surface area contributed by atoms with Gasteiger partial charge in [0.25, 0.3) is 0 Å². The van der Waals surface area contributed by atoms with Gasteiger partial charge in [0.05, 0.1) is 5.52 Å². The van der Waals surface area contributed by atoms with Crippen LogP contribution in [0.5, 0.6) is 0 Å². The van der Waals surface area contributed by atoms with Gasteiger partial charge in [0.1, 0.15) is 5.67 Å². The molecule has 2 N–H and O–H groups in total. The second-order valence-electron chi connectivity index (χ2n) is 5.68. The monoisotopic (exact) mass is 258 g/mol. The average molecular weight is 258 g/mol. The van der Waals surface area contributed by atoms with E-state index in [-0.39, 0.29) is 6.04 Å². The van der Waals surface area contributed by atoms with Crippen LogP contribution < -0.4 is 5.73 Å². The molecular weight excluding hydrogens is 239 g/mol. The summed E-state index contributed by atoms with van der Waals surface area (Å²) < 4.78 is 14.8. The summed E-state index contributed by atoms with van der Waals surface area (Å²) in [6, 6.07) is 11.9. The fourth-order valence-electron chi connectivity index (χ4n) is 3.05. The van der Waals surface area contributed by atoms with Crippen molar-refractivity contribution in [1.82, 2.24) is 4.98 Å². The van der Waals surface area contributed by atoms with E-state index in [1.165, 1.54) is 0 Å². The van der Waals surface area contributed by atoms with Crippen LogP contribution in [-0.2, 0) is 6.42 Å². The number of hydrogen-bond acceptors (Lipinski definition) is 2. The Kier molecular flexibility index (Phi) is 3.23. The van der Waals surface area contributed by atoms with Crippen LogP contribution in [-0.4, -0.2) is 16.7 Å². The van der Waals surface area contributed by atoms with Crippen molar-refractivity contribution in [3.05, 3.63) is 42.1 Å². The number of aromatic nitrogens is 1. The van der Waals surface area contributed by atoms with E-state index in [1.54, 1.807) is 0 Å². The first kappa shape index (κ1) is 12.5. The number of fused-ring (bicyclic) bond motifs is 1. The number of alkyl halides is 1. The Morgan fingerprint density at radius 3 is 2.95 bits per heavy atom. The summed E-state index contributed by atoms with van der Waals surface area (Å²) in [4.78, 5) is 4.56. The lowest BCUT2D eigenvalue weighted by Crippen LogP contribution is -2.39. The molecule has 1 saturated carbocycles. The first-order valence-corrected chi connectivity index (χ1v) is 6.94. The van der Waals surface area contributed by atoms with E-state index >= 15 is 0 Å². The van der Waals surface area contributed by atoms with Gasteiger partial charge in [-0.1, -0.05) is 24.3 Å². The van der Waals surface area contributed by atoms with Crippen LogP contribution in [0, 0.1) is 0 Å². The van der Waals surface area contributed by atoms with Crippen LogP contribution in [0.25, 0.3) is 10.9 Å². The van der Waals surface area contributed by atoms with E-state index in [4.69, 9.17) is 5.73 Å². The molecule has 1 aliphatic carbocycles. The molecule has 1 fully saturated rings. The van der Waals surface area contributed by atoms with Gasteiger partial charge in [-0.3, -0.25) is 4.98 Å². The van der Waals surface area contributed by atoms with Crippen LogP contribution in [0.15, 0.2) is 36.4 Å². The van der Waals surface area contributed by atoms with Crippen molar-refractivity contribution in [3.63, 3.8) is 0 Å². The van der Waals surface area contributed by atoms with Crippen molar-refractivity contribution in [2.75, 3.05) is 0 Å². The summed E-state index contributed by atoms with van der Waals surface area (Å²) in [7, 11) is 0. The summed E-state index contributed by atoms with van der Waals surface area (Å²) >= 11 is 0. The lowest BCUT2D eigenvalue weighted by atomic mass is 9.80. The largest absolute Gasteiger partial charge is 0.328 e. The number of pyridine rings is 1. The fraction of sp³-hybridized carbons (Fsp3) is 0.438. The second-order valence-corrected chi connectivity index (χ2v) is 5.68. The molecule has 3 rings (SSSR count). The molecule has 1 aliphatic rings. The molecule has 19 heavy (non-hydrogen) atoms. The third kappa shape index (κ3) is 2.76. The smallest absolute Gasteiger partial charge is 0.118 e. The molecule has 0 saturated heterocycles. The van der Waals surface area contributed by atoms with Crippen LogP contribution in [0.1, 0.15) is 31.4 Å². The highest BCUT2D eigenvalue weighted by atomic mass is 19.1. The summed E-state index contributed by atoms with van der Waals surface area (Å²) in [5.41, 5.74) is 6.48. The maximum absolute atomic E-state index is 14.8. The number of benzene rings is 1. The zero-order valence-corrected chi connectivity index (χ0v) is 11.0. The van der Waals surface area contributed by atoms with Crippen LogP contribution in [0.4, 0.5) is 4.39 Å². The molecular formula is C16H19FN2. The SMILES string of the molecule is NC1CCCC(F)(Cc2ccc3ccccc3n2)C1. The molecule has 0 spiro atoms. The molecule has 3 heteroatoms. The Balaban J connectivity index is 1.84. The predicted molar refractivity (Wildman–Crippen MR) is 75.7 cm³/mol. The molecule has 0 radical (unpaired) electrons. The minimum absolute atomic E-state index is 0.000735. The first-order chi connectivity index (χ1) is 9.15. The standard InChI is InChI=1S/C16H19FN2/c17-16(9-3-5-13(18)10-16)11-14-8-7-12-4-1-2-6-15(12)19-14/h1-2,4,6-8,13H,3,5,9-11,18H2. The van der Waals surface area contributed by atoms with E-state index in [9.17, 15) is 4.39 Å². The fourth-order valence-corrected chi connectivity index (χ4v) is 3.05. The summed E-state index contributed by atoms with van der Waals surface area (Å²) in [5.74, 6) is 0. The van der Waals surface area contributed by atoms with Gasteiger partial charge >= 0.3 is 0 Å². The van der Waals surface area contributed by atoms with Gasteiger partial charge in [0, 0.05) is 23.5 Å². The van der Waals surface area contributed by atoms with E-state index in [0.29, 0.717) is 19.3 Å². The van der Waals surface area contributed by atoms with Gasteiger partial charge in [0.2, 0.25) is 0 Å². The molecule has 1 heterocycles. The van der Waals surface area contributed by atoms with E-state index in [0.717, 1.165) is 29.4 Å².